The molecule has 2 aromatic rings. The van der Waals surface area contributed by atoms with E-state index in [1.54, 1.807) is 12.3 Å². The third-order valence-corrected chi connectivity index (χ3v) is 3.16. The molecule has 2 rings (SSSR count). The summed E-state index contributed by atoms with van der Waals surface area (Å²) < 4.78 is 27.4. The molecule has 1 heterocycles. The molecule has 6 heteroatoms. The Morgan fingerprint density at radius 2 is 1.95 bits per heavy atom. The summed E-state index contributed by atoms with van der Waals surface area (Å²) in [5.74, 6) is -1.33. The van der Waals surface area contributed by atoms with Gasteiger partial charge in [-0.1, -0.05) is 0 Å². The average Bonchev–Trinajstić information content (AvgIpc) is 2.40. The van der Waals surface area contributed by atoms with Gasteiger partial charge in [0, 0.05) is 22.4 Å². The van der Waals surface area contributed by atoms with E-state index in [0.717, 1.165) is 18.2 Å². The van der Waals surface area contributed by atoms with Gasteiger partial charge in [0.1, 0.15) is 17.7 Å². The predicted molar refractivity (Wildman–Crippen MR) is 70.2 cm³/mol. The minimum absolute atomic E-state index is 0.174. The number of nitrogens with zero attached hydrogens (tertiary/aromatic N) is 1. The summed E-state index contributed by atoms with van der Waals surface area (Å²) in [6.07, 6.45) is 1.67. The van der Waals surface area contributed by atoms with Gasteiger partial charge in [-0.15, -0.1) is 0 Å². The maximum absolute atomic E-state index is 13.6. The molecule has 19 heavy (non-hydrogen) atoms. The van der Waals surface area contributed by atoms with Gasteiger partial charge in [-0.25, -0.2) is 8.78 Å². The smallest absolute Gasteiger partial charge is 0.129 e. The molecule has 0 spiro atoms. The lowest BCUT2D eigenvalue weighted by Gasteiger charge is -2.20. The van der Waals surface area contributed by atoms with Crippen LogP contribution in [0.4, 0.5) is 8.78 Å². The van der Waals surface area contributed by atoms with Crippen LogP contribution in [0.2, 0.25) is 0 Å². The van der Waals surface area contributed by atoms with E-state index in [1.807, 2.05) is 0 Å². The molecule has 0 fully saturated rings. The van der Waals surface area contributed by atoms with Gasteiger partial charge >= 0.3 is 0 Å². The average molecular weight is 329 g/mol. The number of aliphatic hydroxyl groups excluding tert-OH is 1. The fourth-order valence-electron chi connectivity index (χ4n) is 1.73. The van der Waals surface area contributed by atoms with E-state index in [4.69, 9.17) is 5.73 Å². The number of aliphatic hydroxyl groups is 1. The highest BCUT2D eigenvalue weighted by molar-refractivity contribution is 9.10. The van der Waals surface area contributed by atoms with E-state index in [0.29, 0.717) is 10.0 Å². The number of rotatable bonds is 3. The highest BCUT2D eigenvalue weighted by Crippen LogP contribution is 2.29. The molecule has 0 aliphatic heterocycles. The molecule has 1 aromatic carbocycles. The van der Waals surface area contributed by atoms with Gasteiger partial charge in [0.25, 0.3) is 0 Å². The number of hydrogen-bond acceptors (Lipinski definition) is 3. The molecular formula is C13H11BrF2N2O. The number of halogens is 3. The number of nitrogens with two attached hydrogens (primary N) is 1. The molecule has 0 bridgehead atoms. The van der Waals surface area contributed by atoms with Crippen LogP contribution in [0.5, 0.6) is 0 Å². The summed E-state index contributed by atoms with van der Waals surface area (Å²) in [4.78, 5) is 3.92. The second-order valence-electron chi connectivity index (χ2n) is 4.07. The first-order valence-electron chi connectivity index (χ1n) is 5.48. The number of hydrogen-bond donors (Lipinski definition) is 2. The minimum atomic E-state index is -1.35. The summed E-state index contributed by atoms with van der Waals surface area (Å²) in [5, 5.41) is 10.1. The lowest BCUT2D eigenvalue weighted by atomic mass is 9.97. The van der Waals surface area contributed by atoms with E-state index in [-0.39, 0.29) is 5.56 Å². The first kappa shape index (κ1) is 14.0. The van der Waals surface area contributed by atoms with Crippen molar-refractivity contribution in [2.75, 3.05) is 0 Å². The van der Waals surface area contributed by atoms with Crippen LogP contribution in [-0.4, -0.2) is 10.1 Å². The van der Waals surface area contributed by atoms with E-state index in [9.17, 15) is 13.9 Å². The van der Waals surface area contributed by atoms with Gasteiger partial charge in [-0.05, 0) is 45.8 Å². The molecule has 3 N–H and O–H groups in total. The van der Waals surface area contributed by atoms with Crippen LogP contribution >= 0.6 is 15.9 Å². The molecule has 1 unspecified atom stereocenters. The fourth-order valence-corrected chi connectivity index (χ4v) is 2.11. The van der Waals surface area contributed by atoms with Crippen molar-refractivity contribution in [2.45, 2.75) is 12.1 Å². The van der Waals surface area contributed by atoms with Crippen molar-refractivity contribution in [3.8, 4) is 0 Å². The topological polar surface area (TPSA) is 59.1 Å². The molecule has 3 nitrogen and oxygen atoms in total. The van der Waals surface area contributed by atoms with Crippen molar-refractivity contribution in [3.05, 3.63) is 63.9 Å². The van der Waals surface area contributed by atoms with Crippen molar-refractivity contribution in [1.82, 2.24) is 4.98 Å². The Morgan fingerprint density at radius 1 is 1.21 bits per heavy atom. The number of aromatic nitrogens is 1. The Bertz CT molecular complexity index is 595. The molecule has 100 valence electrons. The molecule has 1 aromatic heterocycles. The summed E-state index contributed by atoms with van der Waals surface area (Å²) in [6, 6.07) is 3.64. The van der Waals surface area contributed by atoms with Crippen molar-refractivity contribution >= 4 is 15.9 Å². The Balaban J connectivity index is 2.33. The van der Waals surface area contributed by atoms with Crippen molar-refractivity contribution < 1.29 is 13.9 Å². The minimum Gasteiger partial charge on any atom is -0.386 e. The molecule has 0 aliphatic rings. The van der Waals surface area contributed by atoms with Gasteiger partial charge in [-0.2, -0.15) is 0 Å². The normalized spacial score (nSPS) is 14.2. The van der Waals surface area contributed by atoms with Crippen LogP contribution in [0.15, 0.2) is 41.1 Å². The summed E-state index contributed by atoms with van der Waals surface area (Å²) >= 11 is 3.23. The third kappa shape index (κ3) is 3.15. The predicted octanol–water partition coefficient (Wildman–Crippen LogP) is 2.86. The van der Waals surface area contributed by atoms with Crippen LogP contribution in [0.25, 0.3) is 0 Å². The van der Waals surface area contributed by atoms with E-state index in [2.05, 4.69) is 20.9 Å². The van der Waals surface area contributed by atoms with Crippen molar-refractivity contribution in [3.63, 3.8) is 0 Å². The second kappa shape index (κ2) is 5.73. The Morgan fingerprint density at radius 3 is 2.63 bits per heavy atom. The Hall–Kier alpha value is -1.37. The summed E-state index contributed by atoms with van der Waals surface area (Å²) in [7, 11) is 0. The van der Waals surface area contributed by atoms with Gasteiger partial charge in [-0.3, -0.25) is 4.98 Å². The quantitative estimate of drug-likeness (QED) is 0.910. The molecule has 0 saturated carbocycles. The zero-order chi connectivity index (χ0) is 14.0. The van der Waals surface area contributed by atoms with Crippen molar-refractivity contribution in [2.24, 2.45) is 5.73 Å². The van der Waals surface area contributed by atoms with Crippen molar-refractivity contribution in [1.29, 1.82) is 0 Å². The van der Waals surface area contributed by atoms with Crippen LogP contribution < -0.4 is 5.73 Å². The lowest BCUT2D eigenvalue weighted by molar-refractivity contribution is 0.142. The Kier molecular flexibility index (Phi) is 4.24. The Labute approximate surface area is 117 Å². The summed E-state index contributed by atoms with van der Waals surface area (Å²) in [6.45, 7) is 0. The van der Waals surface area contributed by atoms with Gasteiger partial charge in [0.15, 0.2) is 0 Å². The lowest BCUT2D eigenvalue weighted by Crippen LogP contribution is -2.20. The number of pyridine rings is 1. The molecular weight excluding hydrogens is 318 g/mol. The second-order valence-corrected chi connectivity index (χ2v) is 4.99. The van der Waals surface area contributed by atoms with Gasteiger partial charge in [0.05, 0.1) is 6.04 Å². The third-order valence-electron chi connectivity index (χ3n) is 2.73. The first-order chi connectivity index (χ1) is 8.99. The van der Waals surface area contributed by atoms with Crippen LogP contribution in [0, 0.1) is 11.6 Å². The number of benzene rings is 1. The van der Waals surface area contributed by atoms with Crippen LogP contribution in [0.3, 0.4) is 0 Å². The standard InChI is InChI=1S/C13H11BrF2N2O/c14-8-3-7(5-18-6-8)12(17)13(19)10-4-9(15)1-2-11(10)16/h1-6,12-13,19H,17H2/t12-,13?/m1/s1. The van der Waals surface area contributed by atoms with Crippen LogP contribution in [-0.2, 0) is 0 Å². The van der Waals surface area contributed by atoms with Crippen LogP contribution in [0.1, 0.15) is 23.3 Å². The van der Waals surface area contributed by atoms with E-state index in [1.165, 1.54) is 6.20 Å². The first-order valence-corrected chi connectivity index (χ1v) is 6.27. The van der Waals surface area contributed by atoms with Gasteiger partial charge < -0.3 is 10.8 Å². The van der Waals surface area contributed by atoms with E-state index < -0.39 is 23.8 Å². The molecule has 0 radical (unpaired) electrons. The molecule has 0 amide bonds. The maximum Gasteiger partial charge on any atom is 0.129 e. The summed E-state index contributed by atoms with van der Waals surface area (Å²) in [5.41, 5.74) is 6.20. The maximum atomic E-state index is 13.6. The molecule has 2 atom stereocenters. The molecule has 0 aliphatic carbocycles. The highest BCUT2D eigenvalue weighted by Gasteiger charge is 2.22. The zero-order valence-electron chi connectivity index (χ0n) is 9.72. The zero-order valence-corrected chi connectivity index (χ0v) is 11.3. The highest BCUT2D eigenvalue weighted by atomic mass is 79.9. The monoisotopic (exact) mass is 328 g/mol. The van der Waals surface area contributed by atoms with Gasteiger partial charge in [0.2, 0.25) is 0 Å². The fraction of sp³-hybridized carbons (Fsp3) is 0.154. The SMILES string of the molecule is N[C@H](c1cncc(Br)c1)C(O)c1cc(F)ccc1F. The molecule has 0 saturated heterocycles. The van der Waals surface area contributed by atoms with E-state index >= 15 is 0 Å². The largest absolute Gasteiger partial charge is 0.386 e.